The maximum atomic E-state index is 6.89. The number of para-hydroxylation sites is 1. The molecule has 0 bridgehead atoms. The van der Waals surface area contributed by atoms with E-state index in [2.05, 4.69) is 163 Å². The van der Waals surface area contributed by atoms with Crippen LogP contribution >= 0.6 is 0 Å². The lowest BCUT2D eigenvalue weighted by molar-refractivity contribution is 0.350. The zero-order valence-corrected chi connectivity index (χ0v) is 38.3. The number of hydrogen-bond acceptors (Lipinski definition) is 3. The fraction of sp³-hybridized carbons (Fsp3) is 0.266. The standard InChI is InChI=1S/C64H56N2O/c1-5-16-41(17-6-1)42-24-26-43(27-25-42)58-40-59(66-62(65-58)44-18-7-2-8-19-44)49-22-15-21-48-53-37-46(29-31-60(53)67-61(48)49)45-28-30-55-50(36-45)52-39-56-51(38-57(52)64(55)34-13-4-14-35-64)47-20-9-10-23-54(47)63(56)32-11-3-12-33-63/h1,5,7,9-10,15-16,18-31,36-40,59H,2-4,6,8,11-14,17,32-35H2,(H,65,66). The number of rotatable bonds is 5. The van der Waals surface area contributed by atoms with Crippen LogP contribution in [0.4, 0.5) is 0 Å². The van der Waals surface area contributed by atoms with E-state index in [1.165, 1.54) is 109 Å². The molecule has 14 rings (SSSR count). The Kier molecular flexibility index (Phi) is 9.08. The first-order valence-corrected chi connectivity index (χ1v) is 25.4. The van der Waals surface area contributed by atoms with Gasteiger partial charge in [-0.15, -0.1) is 0 Å². The van der Waals surface area contributed by atoms with Gasteiger partial charge >= 0.3 is 0 Å². The van der Waals surface area contributed by atoms with Crippen molar-refractivity contribution >= 4 is 39.0 Å². The third-order valence-electron chi connectivity index (χ3n) is 17.0. The number of allylic oxidation sites excluding steroid dienone is 6. The number of furan rings is 1. The van der Waals surface area contributed by atoms with Crippen LogP contribution in [0.15, 0.2) is 173 Å². The fourth-order valence-electron chi connectivity index (χ4n) is 13.8. The van der Waals surface area contributed by atoms with E-state index in [4.69, 9.17) is 9.41 Å². The maximum absolute atomic E-state index is 6.89. The summed E-state index contributed by atoms with van der Waals surface area (Å²) in [6.07, 6.45) is 32.9. The van der Waals surface area contributed by atoms with Gasteiger partial charge in [0.2, 0.25) is 0 Å². The van der Waals surface area contributed by atoms with Crippen molar-refractivity contribution in [3.05, 3.63) is 202 Å². The molecule has 6 aliphatic carbocycles. The van der Waals surface area contributed by atoms with Gasteiger partial charge in [0.15, 0.2) is 0 Å². The Morgan fingerprint density at radius 2 is 1.25 bits per heavy atom. The van der Waals surface area contributed by atoms with Crippen molar-refractivity contribution in [3.63, 3.8) is 0 Å². The number of amidine groups is 1. The molecule has 2 fully saturated rings. The molecular weight excluding hydrogens is 813 g/mol. The molecule has 7 aromatic rings. The Hall–Kier alpha value is -6.71. The zero-order chi connectivity index (χ0) is 44.1. The van der Waals surface area contributed by atoms with Gasteiger partial charge < -0.3 is 9.73 Å². The van der Waals surface area contributed by atoms with Crippen LogP contribution in [0.25, 0.3) is 66.6 Å². The number of nitrogens with one attached hydrogen (secondary N) is 1. The van der Waals surface area contributed by atoms with E-state index < -0.39 is 0 Å². The van der Waals surface area contributed by atoms with E-state index in [1.54, 1.807) is 22.3 Å². The second-order valence-electron chi connectivity index (χ2n) is 20.6. The van der Waals surface area contributed by atoms with Gasteiger partial charge in [-0.2, -0.15) is 0 Å². The first kappa shape index (κ1) is 39.5. The summed E-state index contributed by atoms with van der Waals surface area (Å²) in [6.45, 7) is 0. The third-order valence-corrected chi connectivity index (χ3v) is 17.0. The lowest BCUT2D eigenvalue weighted by atomic mass is 9.66. The van der Waals surface area contributed by atoms with Gasteiger partial charge in [0.1, 0.15) is 23.0 Å². The van der Waals surface area contributed by atoms with Crippen LogP contribution in [0.2, 0.25) is 0 Å². The van der Waals surface area contributed by atoms with Gasteiger partial charge in [0.05, 0.1) is 0 Å². The Morgan fingerprint density at radius 1 is 0.552 bits per heavy atom. The SMILES string of the molecule is C1=CCCC(c2ccc(C3=CC(c4cccc5c4oc4ccc(-c6ccc7c(c6)-c6cc8c(cc6C76CCCCC6)-c6ccccc6C86CCCCC6)cc45)N=C(C4=CCCC=C4)N3)cc2)=C1. The summed E-state index contributed by atoms with van der Waals surface area (Å²) < 4.78 is 6.89. The van der Waals surface area contributed by atoms with E-state index in [0.29, 0.717) is 0 Å². The average Bonchev–Trinajstić information content (AvgIpc) is 4.00. The second-order valence-corrected chi connectivity index (χ2v) is 20.6. The Labute approximate surface area is 394 Å². The third kappa shape index (κ3) is 6.12. The summed E-state index contributed by atoms with van der Waals surface area (Å²) in [5.74, 6) is 0.912. The van der Waals surface area contributed by atoms with Crippen LogP contribution < -0.4 is 5.32 Å². The molecule has 2 heterocycles. The summed E-state index contributed by atoms with van der Waals surface area (Å²) in [5.41, 5.74) is 24.0. The Balaban J connectivity index is 0.863. The summed E-state index contributed by atoms with van der Waals surface area (Å²) in [7, 11) is 0. The molecule has 0 amide bonds. The van der Waals surface area contributed by atoms with Crippen molar-refractivity contribution in [2.75, 3.05) is 0 Å². The maximum Gasteiger partial charge on any atom is 0.141 e. The monoisotopic (exact) mass is 868 g/mol. The molecule has 328 valence electrons. The lowest BCUT2D eigenvalue weighted by Gasteiger charge is -2.37. The van der Waals surface area contributed by atoms with Crippen LogP contribution in [-0.2, 0) is 10.8 Å². The highest BCUT2D eigenvalue weighted by Crippen LogP contribution is 2.62. The average molecular weight is 869 g/mol. The smallest absolute Gasteiger partial charge is 0.141 e. The minimum absolute atomic E-state index is 0.0952. The van der Waals surface area contributed by atoms with Crippen molar-refractivity contribution in [1.82, 2.24) is 5.32 Å². The van der Waals surface area contributed by atoms with Crippen molar-refractivity contribution in [3.8, 4) is 33.4 Å². The Morgan fingerprint density at radius 3 is 2.01 bits per heavy atom. The first-order chi connectivity index (χ1) is 33.1. The van der Waals surface area contributed by atoms with Crippen molar-refractivity contribution in [1.29, 1.82) is 0 Å². The molecule has 1 N–H and O–H groups in total. The van der Waals surface area contributed by atoms with Crippen LogP contribution in [0.5, 0.6) is 0 Å². The molecule has 1 aromatic heterocycles. The summed E-state index contributed by atoms with van der Waals surface area (Å²) in [4.78, 5) is 5.41. The van der Waals surface area contributed by atoms with E-state index in [1.807, 2.05) is 0 Å². The van der Waals surface area contributed by atoms with Crippen molar-refractivity contribution in [2.45, 2.75) is 107 Å². The number of fused-ring (bicyclic) bond motifs is 13. The number of aliphatic imine (C=N–C) groups is 1. The molecule has 0 radical (unpaired) electrons. The van der Waals surface area contributed by atoms with Crippen LogP contribution in [0.3, 0.4) is 0 Å². The highest BCUT2D eigenvalue weighted by molar-refractivity contribution is 6.09. The normalized spacial score (nSPS) is 20.7. The van der Waals surface area contributed by atoms with E-state index in [0.717, 1.165) is 75.9 Å². The molecule has 1 aliphatic heterocycles. The van der Waals surface area contributed by atoms with Crippen molar-refractivity contribution < 1.29 is 4.42 Å². The quantitative estimate of drug-likeness (QED) is 0.187. The zero-order valence-electron chi connectivity index (χ0n) is 38.3. The molecule has 7 aliphatic rings. The highest BCUT2D eigenvalue weighted by atomic mass is 16.3. The number of hydrogen-bond donors (Lipinski definition) is 1. The first-order valence-electron chi connectivity index (χ1n) is 25.4. The van der Waals surface area contributed by atoms with Crippen LogP contribution in [-0.4, -0.2) is 5.84 Å². The molecule has 6 aromatic carbocycles. The molecule has 3 nitrogen and oxygen atoms in total. The molecular formula is C64H56N2O. The molecule has 2 saturated carbocycles. The predicted molar refractivity (Wildman–Crippen MR) is 278 cm³/mol. The largest absolute Gasteiger partial charge is 0.456 e. The summed E-state index contributed by atoms with van der Waals surface area (Å²) >= 11 is 0. The summed E-state index contributed by atoms with van der Waals surface area (Å²) in [5, 5.41) is 6.03. The van der Waals surface area contributed by atoms with Crippen molar-refractivity contribution in [2.24, 2.45) is 4.99 Å². The minimum Gasteiger partial charge on any atom is -0.456 e. The van der Waals surface area contributed by atoms with Gasteiger partial charge in [-0.3, -0.25) is 4.99 Å². The van der Waals surface area contributed by atoms with Gasteiger partial charge in [-0.25, -0.2) is 0 Å². The molecule has 1 unspecified atom stereocenters. The van der Waals surface area contributed by atoms with Gasteiger partial charge in [0, 0.05) is 38.4 Å². The second kappa shape index (κ2) is 15.4. The number of nitrogens with zero attached hydrogens (tertiary/aromatic N) is 1. The van der Waals surface area contributed by atoms with Gasteiger partial charge in [-0.1, -0.05) is 160 Å². The highest BCUT2D eigenvalue weighted by Gasteiger charge is 2.49. The molecule has 3 heteroatoms. The minimum atomic E-state index is -0.219. The van der Waals surface area contributed by atoms with Crippen LogP contribution in [0.1, 0.15) is 135 Å². The summed E-state index contributed by atoms with van der Waals surface area (Å²) in [6, 6.07) is 44.6. The van der Waals surface area contributed by atoms with Crippen LogP contribution in [0, 0.1) is 0 Å². The molecule has 2 spiro atoms. The molecule has 0 saturated heterocycles. The molecule has 1 atom stereocenters. The predicted octanol–water partition coefficient (Wildman–Crippen LogP) is 16.8. The topological polar surface area (TPSA) is 37.5 Å². The van der Waals surface area contributed by atoms with Gasteiger partial charge in [-0.05, 0) is 160 Å². The van der Waals surface area contributed by atoms with Gasteiger partial charge in [0.25, 0.3) is 0 Å². The fourth-order valence-corrected chi connectivity index (χ4v) is 13.8. The van der Waals surface area contributed by atoms with E-state index >= 15 is 0 Å². The number of benzene rings is 6. The molecule has 67 heavy (non-hydrogen) atoms. The van der Waals surface area contributed by atoms with E-state index in [-0.39, 0.29) is 16.9 Å². The Bertz CT molecular complexity index is 3390. The van der Waals surface area contributed by atoms with E-state index in [9.17, 15) is 0 Å². The lowest BCUT2D eigenvalue weighted by Crippen LogP contribution is -2.29.